The van der Waals surface area contributed by atoms with Crippen LogP contribution in [0.25, 0.3) is 21.9 Å². The number of rotatable bonds is 7. The van der Waals surface area contributed by atoms with Crippen molar-refractivity contribution in [2.75, 3.05) is 18.0 Å². The van der Waals surface area contributed by atoms with Gasteiger partial charge in [-0.3, -0.25) is 0 Å². The van der Waals surface area contributed by atoms with Gasteiger partial charge < -0.3 is 15.6 Å². The zero-order valence-corrected chi connectivity index (χ0v) is 19.6. The molecular formula is C25H29N5O2S. The van der Waals surface area contributed by atoms with E-state index in [-0.39, 0.29) is 11.8 Å². The van der Waals surface area contributed by atoms with Gasteiger partial charge in [-0.25, -0.2) is 18.4 Å². The molecule has 0 radical (unpaired) electrons. The average molecular weight is 464 g/mol. The lowest BCUT2D eigenvalue weighted by molar-refractivity contribution is 0.473. The maximum absolute atomic E-state index is 12.4. The average Bonchev–Trinajstić information content (AvgIpc) is 3.20. The van der Waals surface area contributed by atoms with E-state index in [4.69, 9.17) is 10.7 Å². The van der Waals surface area contributed by atoms with Gasteiger partial charge in [0.15, 0.2) is 15.7 Å². The molecule has 1 aliphatic heterocycles. The first-order valence-corrected chi connectivity index (χ1v) is 13.2. The summed E-state index contributed by atoms with van der Waals surface area (Å²) in [7, 11) is -3.16. The molecule has 5 rings (SSSR count). The lowest BCUT2D eigenvalue weighted by Crippen LogP contribution is -2.30. The van der Waals surface area contributed by atoms with E-state index in [1.807, 2.05) is 30.3 Å². The van der Waals surface area contributed by atoms with E-state index < -0.39 is 9.84 Å². The maximum atomic E-state index is 12.4. The molecule has 7 nitrogen and oxygen atoms in total. The molecule has 0 fully saturated rings. The van der Waals surface area contributed by atoms with Gasteiger partial charge in [0, 0.05) is 24.4 Å². The zero-order valence-electron chi connectivity index (χ0n) is 18.8. The number of fused-ring (bicyclic) bond motifs is 4. The van der Waals surface area contributed by atoms with Crippen molar-refractivity contribution in [3.63, 3.8) is 0 Å². The minimum atomic E-state index is -3.16. The van der Waals surface area contributed by atoms with Crippen LogP contribution in [0.3, 0.4) is 0 Å². The summed E-state index contributed by atoms with van der Waals surface area (Å²) in [6.07, 6.45) is 3.40. The van der Waals surface area contributed by atoms with Crippen molar-refractivity contribution < 1.29 is 8.42 Å². The zero-order chi connectivity index (χ0) is 23.0. The molecule has 3 N–H and O–H groups in total. The standard InChI is InChI=1S/C25H29N5O2S/c1-2-22-29-23-24(18-10-3-5-11-20(18)28-25(23)26)30(22)15-8-7-14-27-19-13-16-33(31,32)21-12-6-4-9-17(19)21/h3-6,9-12,19,27H,2,7-8,13-16H2,1H3,(H2,26,28). The Labute approximate surface area is 194 Å². The number of nitrogens with zero attached hydrogens (tertiary/aromatic N) is 3. The van der Waals surface area contributed by atoms with Crippen LogP contribution in [-0.4, -0.2) is 35.3 Å². The SMILES string of the molecule is CCc1nc2c(N)nc3ccccc3c2n1CCCCNC1CCS(=O)(=O)c2ccccc21. The largest absolute Gasteiger partial charge is 0.382 e. The summed E-state index contributed by atoms with van der Waals surface area (Å²) in [6.45, 7) is 3.79. The molecule has 0 bridgehead atoms. The number of nitrogen functional groups attached to an aromatic ring is 1. The molecule has 0 amide bonds. The topological polar surface area (TPSA) is 103 Å². The molecule has 8 heteroatoms. The van der Waals surface area contributed by atoms with E-state index in [2.05, 4.69) is 27.9 Å². The molecule has 33 heavy (non-hydrogen) atoms. The molecule has 4 aromatic rings. The fourth-order valence-corrected chi connectivity index (χ4v) is 6.51. The Bertz CT molecular complexity index is 1430. The summed E-state index contributed by atoms with van der Waals surface area (Å²) in [4.78, 5) is 9.80. The first-order chi connectivity index (χ1) is 16.0. The Morgan fingerprint density at radius 3 is 2.73 bits per heavy atom. The summed E-state index contributed by atoms with van der Waals surface area (Å²) < 4.78 is 27.0. The van der Waals surface area contributed by atoms with Crippen LogP contribution >= 0.6 is 0 Å². The lowest BCUT2D eigenvalue weighted by Gasteiger charge is -2.26. The summed E-state index contributed by atoms with van der Waals surface area (Å²) in [5.74, 6) is 1.70. The number of imidazole rings is 1. The number of benzene rings is 2. The minimum absolute atomic E-state index is 0.0832. The molecule has 1 atom stereocenters. The molecule has 2 aromatic carbocycles. The third kappa shape index (κ3) is 3.98. The first-order valence-electron chi connectivity index (χ1n) is 11.6. The number of hydrogen-bond donors (Lipinski definition) is 2. The van der Waals surface area contributed by atoms with E-state index in [1.54, 1.807) is 12.1 Å². The van der Waals surface area contributed by atoms with Gasteiger partial charge >= 0.3 is 0 Å². The van der Waals surface area contributed by atoms with Gasteiger partial charge in [0.1, 0.15) is 11.3 Å². The van der Waals surface area contributed by atoms with Gasteiger partial charge in [0.05, 0.1) is 21.7 Å². The van der Waals surface area contributed by atoms with Crippen molar-refractivity contribution in [2.45, 2.75) is 50.1 Å². The highest BCUT2D eigenvalue weighted by atomic mass is 32.2. The van der Waals surface area contributed by atoms with Crippen LogP contribution in [0.5, 0.6) is 0 Å². The molecular weight excluding hydrogens is 434 g/mol. The maximum Gasteiger partial charge on any atom is 0.178 e. The number of aromatic nitrogens is 3. The summed E-state index contributed by atoms with van der Waals surface area (Å²) in [6, 6.07) is 15.5. The number of sulfone groups is 1. The van der Waals surface area contributed by atoms with E-state index in [9.17, 15) is 8.42 Å². The predicted octanol–water partition coefficient (Wildman–Crippen LogP) is 4.02. The van der Waals surface area contributed by atoms with Crippen LogP contribution < -0.4 is 11.1 Å². The van der Waals surface area contributed by atoms with E-state index in [0.29, 0.717) is 17.1 Å². The molecule has 0 aliphatic carbocycles. The Morgan fingerprint density at radius 1 is 1.09 bits per heavy atom. The third-order valence-electron chi connectivity index (χ3n) is 6.51. The number of para-hydroxylation sites is 1. The molecule has 2 aromatic heterocycles. The molecule has 1 aliphatic rings. The van der Waals surface area contributed by atoms with Gasteiger partial charge in [-0.05, 0) is 43.5 Å². The van der Waals surface area contributed by atoms with Crippen LogP contribution in [0.2, 0.25) is 0 Å². The van der Waals surface area contributed by atoms with Crippen LogP contribution in [-0.2, 0) is 22.8 Å². The van der Waals surface area contributed by atoms with Crippen LogP contribution in [0.1, 0.15) is 43.6 Å². The van der Waals surface area contributed by atoms with Crippen molar-refractivity contribution >= 4 is 37.6 Å². The molecule has 3 heterocycles. The van der Waals surface area contributed by atoms with Crippen molar-refractivity contribution in [1.29, 1.82) is 0 Å². The summed E-state index contributed by atoms with van der Waals surface area (Å²) >= 11 is 0. The second-order valence-corrected chi connectivity index (χ2v) is 10.7. The number of nitrogens with two attached hydrogens (primary N) is 1. The highest BCUT2D eigenvalue weighted by molar-refractivity contribution is 7.91. The number of anilines is 1. The third-order valence-corrected chi connectivity index (χ3v) is 8.32. The van der Waals surface area contributed by atoms with Crippen LogP contribution in [0.4, 0.5) is 5.82 Å². The van der Waals surface area contributed by atoms with Crippen molar-refractivity contribution in [3.8, 4) is 0 Å². The van der Waals surface area contributed by atoms with Crippen molar-refractivity contribution in [1.82, 2.24) is 19.9 Å². The fraction of sp³-hybridized carbons (Fsp3) is 0.360. The van der Waals surface area contributed by atoms with Crippen LogP contribution in [0.15, 0.2) is 53.4 Å². The second kappa shape index (κ2) is 8.76. The van der Waals surface area contributed by atoms with Gasteiger partial charge in [-0.1, -0.05) is 43.3 Å². The monoisotopic (exact) mass is 463 g/mol. The second-order valence-electron chi connectivity index (χ2n) is 8.60. The minimum Gasteiger partial charge on any atom is -0.382 e. The molecule has 0 spiro atoms. The van der Waals surface area contributed by atoms with Gasteiger partial charge in [-0.15, -0.1) is 0 Å². The first kappa shape index (κ1) is 21.9. The Balaban J connectivity index is 1.30. The predicted molar refractivity (Wildman–Crippen MR) is 132 cm³/mol. The Hall–Kier alpha value is -2.97. The molecule has 0 saturated heterocycles. The lowest BCUT2D eigenvalue weighted by atomic mass is 10.0. The van der Waals surface area contributed by atoms with Crippen molar-refractivity contribution in [2.24, 2.45) is 0 Å². The van der Waals surface area contributed by atoms with E-state index >= 15 is 0 Å². The Morgan fingerprint density at radius 2 is 1.88 bits per heavy atom. The van der Waals surface area contributed by atoms with E-state index in [0.717, 1.165) is 65.7 Å². The molecule has 1 unspecified atom stereocenters. The number of nitrogens with one attached hydrogen (secondary N) is 1. The number of aryl methyl sites for hydroxylation is 2. The number of unbranched alkanes of at least 4 members (excludes halogenated alkanes) is 1. The number of hydrogen-bond acceptors (Lipinski definition) is 6. The Kier molecular flexibility index (Phi) is 5.80. The summed E-state index contributed by atoms with van der Waals surface area (Å²) in [5.41, 5.74) is 9.87. The molecule has 0 saturated carbocycles. The van der Waals surface area contributed by atoms with Crippen LogP contribution in [0, 0.1) is 0 Å². The van der Waals surface area contributed by atoms with Gasteiger partial charge in [0.2, 0.25) is 0 Å². The highest BCUT2D eigenvalue weighted by Crippen LogP contribution is 2.32. The summed E-state index contributed by atoms with van der Waals surface area (Å²) in [5, 5.41) is 4.66. The fourth-order valence-electron chi connectivity index (χ4n) is 4.89. The van der Waals surface area contributed by atoms with Crippen molar-refractivity contribution in [3.05, 3.63) is 59.9 Å². The number of pyridine rings is 1. The van der Waals surface area contributed by atoms with Gasteiger partial charge in [0.25, 0.3) is 0 Å². The normalized spacial score (nSPS) is 17.4. The smallest absolute Gasteiger partial charge is 0.178 e. The van der Waals surface area contributed by atoms with Gasteiger partial charge in [-0.2, -0.15) is 0 Å². The highest BCUT2D eigenvalue weighted by Gasteiger charge is 2.29. The quantitative estimate of drug-likeness (QED) is 0.401. The van der Waals surface area contributed by atoms with E-state index in [1.165, 1.54) is 0 Å². The molecule has 172 valence electrons.